The SMILES string of the molecule is CCOC(=O)c1c(=O)c2ccsc2n2c1[nH]c1cc3ccccc3cc12. The second kappa shape index (κ2) is 5.44. The van der Waals surface area contributed by atoms with Gasteiger partial charge >= 0.3 is 5.97 Å². The Labute approximate surface area is 151 Å². The molecule has 0 spiro atoms. The van der Waals surface area contributed by atoms with Gasteiger partial charge in [-0.15, -0.1) is 11.3 Å². The van der Waals surface area contributed by atoms with E-state index in [9.17, 15) is 9.59 Å². The van der Waals surface area contributed by atoms with Crippen LogP contribution in [0.25, 0.3) is 37.7 Å². The number of aromatic nitrogens is 2. The van der Waals surface area contributed by atoms with E-state index in [0.29, 0.717) is 11.0 Å². The van der Waals surface area contributed by atoms with E-state index in [-0.39, 0.29) is 17.6 Å². The second-order valence-electron chi connectivity index (χ2n) is 6.09. The van der Waals surface area contributed by atoms with Crippen molar-refractivity contribution >= 4 is 55.0 Å². The van der Waals surface area contributed by atoms with Crippen LogP contribution in [0.3, 0.4) is 0 Å². The van der Waals surface area contributed by atoms with E-state index < -0.39 is 5.97 Å². The number of hydrogen-bond acceptors (Lipinski definition) is 4. The third kappa shape index (κ3) is 1.96. The van der Waals surface area contributed by atoms with Crippen LogP contribution in [0.15, 0.2) is 52.6 Å². The van der Waals surface area contributed by atoms with Crippen LogP contribution in [-0.2, 0) is 4.74 Å². The Morgan fingerprint density at radius 1 is 1.19 bits per heavy atom. The number of rotatable bonds is 2. The molecular weight excluding hydrogens is 348 g/mol. The zero-order valence-electron chi connectivity index (χ0n) is 13.9. The highest BCUT2D eigenvalue weighted by Crippen LogP contribution is 2.29. The molecule has 0 bridgehead atoms. The predicted molar refractivity (Wildman–Crippen MR) is 104 cm³/mol. The number of thiophene rings is 1. The zero-order chi connectivity index (χ0) is 17.8. The minimum absolute atomic E-state index is 0.0537. The molecule has 0 aliphatic heterocycles. The summed E-state index contributed by atoms with van der Waals surface area (Å²) in [5.41, 5.74) is 2.04. The van der Waals surface area contributed by atoms with Gasteiger partial charge in [-0.2, -0.15) is 0 Å². The van der Waals surface area contributed by atoms with Crippen LogP contribution < -0.4 is 5.43 Å². The molecule has 0 unspecified atom stereocenters. The van der Waals surface area contributed by atoms with Crippen molar-refractivity contribution in [2.45, 2.75) is 6.92 Å². The number of fused-ring (bicyclic) bond motifs is 6. The van der Waals surface area contributed by atoms with Crippen LogP contribution in [0.2, 0.25) is 0 Å². The van der Waals surface area contributed by atoms with Gasteiger partial charge in [-0.3, -0.25) is 9.20 Å². The van der Waals surface area contributed by atoms with Gasteiger partial charge in [-0.1, -0.05) is 24.3 Å². The summed E-state index contributed by atoms with van der Waals surface area (Å²) in [7, 11) is 0. The summed E-state index contributed by atoms with van der Waals surface area (Å²) >= 11 is 1.48. The van der Waals surface area contributed by atoms with Crippen molar-refractivity contribution in [1.29, 1.82) is 0 Å². The number of imidazole rings is 1. The number of esters is 1. The van der Waals surface area contributed by atoms with E-state index in [2.05, 4.69) is 11.1 Å². The third-order valence-corrected chi connectivity index (χ3v) is 5.52. The van der Waals surface area contributed by atoms with Gasteiger partial charge in [0, 0.05) is 0 Å². The number of carbonyl (C=O) groups is 1. The maximum Gasteiger partial charge on any atom is 0.345 e. The number of pyridine rings is 1. The third-order valence-electron chi connectivity index (χ3n) is 4.62. The van der Waals surface area contributed by atoms with Gasteiger partial charge in [0.25, 0.3) is 0 Å². The molecule has 1 N–H and O–H groups in total. The number of aromatic amines is 1. The summed E-state index contributed by atoms with van der Waals surface area (Å²) in [4.78, 5) is 29.5. The Morgan fingerprint density at radius 3 is 2.73 bits per heavy atom. The van der Waals surface area contributed by atoms with Crippen LogP contribution in [0.5, 0.6) is 0 Å². The maximum absolute atomic E-state index is 12.9. The lowest BCUT2D eigenvalue weighted by atomic mass is 10.1. The summed E-state index contributed by atoms with van der Waals surface area (Å²) in [5.74, 6) is -0.598. The minimum atomic E-state index is -0.598. The largest absolute Gasteiger partial charge is 0.462 e. The molecule has 2 aromatic carbocycles. The summed E-state index contributed by atoms with van der Waals surface area (Å²) in [6.07, 6.45) is 0. The molecule has 0 atom stereocenters. The van der Waals surface area contributed by atoms with Crippen molar-refractivity contribution in [1.82, 2.24) is 9.38 Å². The molecule has 26 heavy (non-hydrogen) atoms. The molecule has 3 heterocycles. The van der Waals surface area contributed by atoms with Crippen LogP contribution >= 0.6 is 11.3 Å². The first-order valence-electron chi connectivity index (χ1n) is 8.32. The Balaban J connectivity index is 2.03. The molecule has 0 amide bonds. The van der Waals surface area contributed by atoms with E-state index in [0.717, 1.165) is 26.6 Å². The van der Waals surface area contributed by atoms with Crippen LogP contribution in [0.4, 0.5) is 0 Å². The first-order chi connectivity index (χ1) is 12.7. The fourth-order valence-corrected chi connectivity index (χ4v) is 4.40. The Hall–Kier alpha value is -3.12. The molecule has 128 valence electrons. The number of carbonyl (C=O) groups excluding carboxylic acids is 1. The van der Waals surface area contributed by atoms with Crippen molar-refractivity contribution in [3.63, 3.8) is 0 Å². The number of hydrogen-bond donors (Lipinski definition) is 1. The topological polar surface area (TPSA) is 63.6 Å². The van der Waals surface area contributed by atoms with Gasteiger partial charge in [0.1, 0.15) is 16.0 Å². The fraction of sp³-hybridized carbons (Fsp3) is 0.100. The van der Waals surface area contributed by atoms with E-state index >= 15 is 0 Å². The smallest absolute Gasteiger partial charge is 0.345 e. The van der Waals surface area contributed by atoms with Crippen LogP contribution in [-0.4, -0.2) is 22.0 Å². The molecule has 5 nitrogen and oxygen atoms in total. The molecule has 6 heteroatoms. The molecular formula is C20H14N2O3S. The van der Waals surface area contributed by atoms with Crippen molar-refractivity contribution in [3.05, 3.63) is 63.6 Å². The van der Waals surface area contributed by atoms with Gasteiger partial charge in [-0.25, -0.2) is 4.79 Å². The average Bonchev–Trinajstić information content (AvgIpc) is 3.24. The van der Waals surface area contributed by atoms with E-state index in [1.165, 1.54) is 11.3 Å². The number of H-pyrrole nitrogens is 1. The predicted octanol–water partition coefficient (Wildman–Crippen LogP) is 4.33. The lowest BCUT2D eigenvalue weighted by molar-refractivity contribution is 0.0527. The Kier molecular flexibility index (Phi) is 3.17. The average molecular weight is 362 g/mol. The van der Waals surface area contributed by atoms with Gasteiger partial charge in [0.2, 0.25) is 5.43 Å². The highest BCUT2D eigenvalue weighted by molar-refractivity contribution is 7.16. The first kappa shape index (κ1) is 15.2. The Bertz CT molecular complexity index is 1390. The summed E-state index contributed by atoms with van der Waals surface area (Å²) < 4.78 is 7.10. The minimum Gasteiger partial charge on any atom is -0.462 e. The van der Waals surface area contributed by atoms with E-state index in [1.807, 2.05) is 40.1 Å². The van der Waals surface area contributed by atoms with Crippen molar-refractivity contribution in [2.24, 2.45) is 0 Å². The molecule has 0 aliphatic carbocycles. The highest BCUT2D eigenvalue weighted by Gasteiger charge is 2.23. The monoisotopic (exact) mass is 362 g/mol. The van der Waals surface area contributed by atoms with Crippen molar-refractivity contribution in [3.8, 4) is 0 Å². The molecule has 5 aromatic rings. The fourth-order valence-electron chi connectivity index (χ4n) is 3.48. The van der Waals surface area contributed by atoms with Gasteiger partial charge in [-0.05, 0) is 41.3 Å². The summed E-state index contributed by atoms with van der Waals surface area (Å²) in [6, 6.07) is 13.9. The van der Waals surface area contributed by atoms with Crippen LogP contribution in [0.1, 0.15) is 17.3 Å². The lowest BCUT2D eigenvalue weighted by Gasteiger charge is -2.05. The van der Waals surface area contributed by atoms with Crippen molar-refractivity contribution < 1.29 is 9.53 Å². The van der Waals surface area contributed by atoms with Crippen LogP contribution in [0, 0.1) is 0 Å². The molecule has 0 saturated carbocycles. The quantitative estimate of drug-likeness (QED) is 0.476. The second-order valence-corrected chi connectivity index (χ2v) is 6.98. The van der Waals surface area contributed by atoms with E-state index in [1.54, 1.807) is 13.0 Å². The number of nitrogens with one attached hydrogen (secondary N) is 1. The van der Waals surface area contributed by atoms with E-state index in [4.69, 9.17) is 4.74 Å². The molecule has 3 aromatic heterocycles. The molecule has 5 rings (SSSR count). The zero-order valence-corrected chi connectivity index (χ0v) is 14.7. The number of benzene rings is 2. The van der Waals surface area contributed by atoms with Gasteiger partial charge in [0.15, 0.2) is 0 Å². The lowest BCUT2D eigenvalue weighted by Crippen LogP contribution is -2.19. The normalized spacial score (nSPS) is 11.7. The maximum atomic E-state index is 12.9. The highest BCUT2D eigenvalue weighted by atomic mass is 32.1. The summed E-state index contributed by atoms with van der Waals surface area (Å²) in [5, 5.41) is 4.59. The molecule has 0 fully saturated rings. The summed E-state index contributed by atoms with van der Waals surface area (Å²) in [6.45, 7) is 1.95. The van der Waals surface area contributed by atoms with Gasteiger partial charge in [0.05, 0.1) is 23.0 Å². The standard InChI is InChI=1S/C20H14N2O3S/c1-2-25-20(24)16-17(23)13-7-8-26-19(13)22-15-10-12-6-4-3-5-11(12)9-14(15)21-18(16)22/h3-10,21H,2H2,1H3. The van der Waals surface area contributed by atoms with Crippen molar-refractivity contribution in [2.75, 3.05) is 6.61 Å². The number of ether oxygens (including phenoxy) is 1. The van der Waals surface area contributed by atoms with Gasteiger partial charge < -0.3 is 9.72 Å². The first-order valence-corrected chi connectivity index (χ1v) is 9.20. The molecule has 0 radical (unpaired) electrons. The number of nitrogens with zero attached hydrogens (tertiary/aromatic N) is 1. The molecule has 0 saturated heterocycles. The molecule has 0 aliphatic rings. The Morgan fingerprint density at radius 2 is 1.96 bits per heavy atom.